The Balaban J connectivity index is 2.12. The van der Waals surface area contributed by atoms with Gasteiger partial charge in [0.05, 0.1) is 28.1 Å². The Labute approximate surface area is 127 Å². The van der Waals surface area contributed by atoms with E-state index in [0.29, 0.717) is 16.7 Å². The van der Waals surface area contributed by atoms with Crippen molar-refractivity contribution in [2.24, 2.45) is 7.05 Å². The van der Waals surface area contributed by atoms with Crippen LogP contribution >= 0.6 is 35.1 Å². The Morgan fingerprint density at radius 2 is 2.16 bits per heavy atom. The van der Waals surface area contributed by atoms with Crippen LogP contribution in [0.25, 0.3) is 0 Å². The molecule has 1 saturated heterocycles. The molecule has 0 aliphatic carbocycles. The predicted molar refractivity (Wildman–Crippen MR) is 84.5 cm³/mol. The molecule has 2 atom stereocenters. The number of halogens is 1. The summed E-state index contributed by atoms with van der Waals surface area (Å²) in [7, 11) is 1.86. The number of ketones is 1. The summed E-state index contributed by atoms with van der Waals surface area (Å²) in [6.45, 7) is 4.16. The number of hydrogen-bond donors (Lipinski definition) is 0. The van der Waals surface area contributed by atoms with Crippen LogP contribution in [0.15, 0.2) is 0 Å². The van der Waals surface area contributed by atoms with Crippen LogP contribution in [0.3, 0.4) is 0 Å². The van der Waals surface area contributed by atoms with Gasteiger partial charge in [0.1, 0.15) is 0 Å². The van der Waals surface area contributed by atoms with Gasteiger partial charge in [-0.05, 0) is 6.42 Å². The largest absolute Gasteiger partial charge is 0.298 e. The Kier molecular flexibility index (Phi) is 5.26. The number of thioether (sulfide) groups is 2. The van der Waals surface area contributed by atoms with Crippen LogP contribution in [-0.2, 0) is 24.7 Å². The minimum Gasteiger partial charge on any atom is -0.298 e. The van der Waals surface area contributed by atoms with Crippen LogP contribution in [-0.4, -0.2) is 37.6 Å². The van der Waals surface area contributed by atoms with Crippen LogP contribution in [0.1, 0.15) is 25.2 Å². The van der Waals surface area contributed by atoms with Crippen LogP contribution in [0, 0.1) is 0 Å². The number of aryl methyl sites for hydroxylation is 2. The number of carbonyl (C=O) groups is 1. The first kappa shape index (κ1) is 15.3. The molecule has 1 aliphatic rings. The lowest BCUT2D eigenvalue weighted by molar-refractivity contribution is -0.118. The van der Waals surface area contributed by atoms with Crippen LogP contribution in [0.5, 0.6) is 0 Å². The molecule has 0 aromatic carbocycles. The fraction of sp³-hybridized carbons (Fsp3) is 0.692. The van der Waals surface area contributed by atoms with E-state index in [9.17, 15) is 4.79 Å². The fourth-order valence-electron chi connectivity index (χ4n) is 2.26. The van der Waals surface area contributed by atoms with Gasteiger partial charge < -0.3 is 0 Å². The average molecular weight is 319 g/mol. The molecular formula is C13H19ClN2OS2. The zero-order valence-corrected chi connectivity index (χ0v) is 13.9. The predicted octanol–water partition coefficient (Wildman–Crippen LogP) is 2.98. The summed E-state index contributed by atoms with van der Waals surface area (Å²) in [5, 5.41) is 5.52. The Morgan fingerprint density at radius 1 is 1.47 bits per heavy atom. The maximum atomic E-state index is 12.4. The molecule has 1 fully saturated rings. The second-order valence-electron chi connectivity index (χ2n) is 4.69. The van der Waals surface area contributed by atoms with Gasteiger partial charge in [-0.15, -0.1) is 11.8 Å². The standard InChI is InChI=1S/C13H19ClN2OS2/c1-4-9-12(14)10(16(3)15-9)7-11(17)13-8(2)18-5-6-19-13/h8,13H,4-7H2,1-3H3. The lowest BCUT2D eigenvalue weighted by Gasteiger charge is -2.26. The molecule has 1 aliphatic heterocycles. The van der Waals surface area contributed by atoms with E-state index in [1.807, 2.05) is 25.7 Å². The SMILES string of the molecule is CCc1nn(C)c(CC(=O)C2SCCSC2C)c1Cl. The highest BCUT2D eigenvalue weighted by molar-refractivity contribution is 8.07. The molecule has 2 unspecified atom stereocenters. The second-order valence-corrected chi connectivity index (χ2v) is 7.81. The van der Waals surface area contributed by atoms with E-state index in [1.54, 1.807) is 16.4 Å². The number of carbonyl (C=O) groups excluding carboxylic acids is 1. The van der Waals surface area contributed by atoms with Crippen LogP contribution < -0.4 is 0 Å². The quantitative estimate of drug-likeness (QED) is 0.855. The highest BCUT2D eigenvalue weighted by Gasteiger charge is 2.30. The lowest BCUT2D eigenvalue weighted by atomic mass is 10.1. The molecule has 3 nitrogen and oxygen atoms in total. The van der Waals surface area contributed by atoms with Crippen molar-refractivity contribution in [1.29, 1.82) is 0 Å². The van der Waals surface area contributed by atoms with Gasteiger partial charge in [0.2, 0.25) is 0 Å². The molecule has 1 aromatic rings. The molecule has 0 bridgehead atoms. The normalized spacial score (nSPS) is 23.6. The van der Waals surface area contributed by atoms with Crippen LogP contribution in [0.2, 0.25) is 5.02 Å². The summed E-state index contributed by atoms with van der Waals surface area (Å²) in [4.78, 5) is 12.4. The number of nitrogens with zero attached hydrogens (tertiary/aromatic N) is 2. The zero-order chi connectivity index (χ0) is 14.0. The van der Waals surface area contributed by atoms with Gasteiger partial charge in [-0.1, -0.05) is 25.4 Å². The third-order valence-electron chi connectivity index (χ3n) is 3.35. The lowest BCUT2D eigenvalue weighted by Crippen LogP contribution is -2.32. The molecule has 0 spiro atoms. The molecule has 1 aromatic heterocycles. The van der Waals surface area contributed by atoms with Gasteiger partial charge in [0.15, 0.2) is 5.78 Å². The van der Waals surface area contributed by atoms with E-state index in [4.69, 9.17) is 11.6 Å². The molecule has 2 rings (SSSR count). The van der Waals surface area contributed by atoms with Crippen molar-refractivity contribution in [3.05, 3.63) is 16.4 Å². The van der Waals surface area contributed by atoms with Gasteiger partial charge in [-0.2, -0.15) is 16.9 Å². The summed E-state index contributed by atoms with van der Waals surface area (Å²) >= 11 is 9.97. The van der Waals surface area contributed by atoms with Crippen molar-refractivity contribution in [2.45, 2.75) is 37.2 Å². The molecule has 0 amide bonds. The minimum absolute atomic E-state index is 0.0924. The third-order valence-corrected chi connectivity index (χ3v) is 6.92. The molecule has 0 saturated carbocycles. The Morgan fingerprint density at radius 3 is 2.74 bits per heavy atom. The van der Waals surface area contributed by atoms with Gasteiger partial charge in [-0.3, -0.25) is 9.48 Å². The molecule has 0 radical (unpaired) electrons. The molecule has 2 heterocycles. The number of aromatic nitrogens is 2. The van der Waals surface area contributed by atoms with Crippen molar-refractivity contribution < 1.29 is 4.79 Å². The molecule has 19 heavy (non-hydrogen) atoms. The highest BCUT2D eigenvalue weighted by atomic mass is 35.5. The Hall–Kier alpha value is -0.130. The first-order valence-electron chi connectivity index (χ1n) is 6.50. The molecule has 0 N–H and O–H groups in total. The first-order valence-corrected chi connectivity index (χ1v) is 8.98. The van der Waals surface area contributed by atoms with Gasteiger partial charge >= 0.3 is 0 Å². The number of rotatable bonds is 4. The summed E-state index contributed by atoms with van der Waals surface area (Å²) in [6.07, 6.45) is 1.19. The monoisotopic (exact) mass is 318 g/mol. The van der Waals surface area contributed by atoms with Gasteiger partial charge in [-0.25, -0.2) is 0 Å². The molecule has 106 valence electrons. The Bertz CT molecular complexity index is 475. The average Bonchev–Trinajstić information content (AvgIpc) is 2.66. The first-order chi connectivity index (χ1) is 9.04. The van der Waals surface area contributed by atoms with Crippen molar-refractivity contribution in [1.82, 2.24) is 9.78 Å². The smallest absolute Gasteiger partial charge is 0.152 e. The summed E-state index contributed by atoms with van der Waals surface area (Å²) in [5.41, 5.74) is 1.73. The fourth-order valence-corrected chi connectivity index (χ4v) is 5.36. The van der Waals surface area contributed by atoms with Gasteiger partial charge in [0, 0.05) is 23.8 Å². The van der Waals surface area contributed by atoms with Gasteiger partial charge in [0.25, 0.3) is 0 Å². The van der Waals surface area contributed by atoms with E-state index in [2.05, 4.69) is 12.0 Å². The van der Waals surface area contributed by atoms with Crippen molar-refractivity contribution >= 4 is 40.9 Å². The molecular weight excluding hydrogens is 300 g/mol. The number of hydrogen-bond acceptors (Lipinski definition) is 4. The highest BCUT2D eigenvalue weighted by Crippen LogP contribution is 2.33. The maximum absolute atomic E-state index is 12.4. The van der Waals surface area contributed by atoms with E-state index in [0.717, 1.165) is 29.3 Å². The maximum Gasteiger partial charge on any atom is 0.152 e. The third kappa shape index (κ3) is 3.31. The molecule has 6 heteroatoms. The van der Waals surface area contributed by atoms with Crippen LogP contribution in [0.4, 0.5) is 0 Å². The van der Waals surface area contributed by atoms with E-state index in [-0.39, 0.29) is 11.0 Å². The summed E-state index contributed by atoms with van der Waals surface area (Å²) in [6, 6.07) is 0. The van der Waals surface area contributed by atoms with Crippen molar-refractivity contribution in [2.75, 3.05) is 11.5 Å². The van der Waals surface area contributed by atoms with Crippen molar-refractivity contribution in [3.8, 4) is 0 Å². The zero-order valence-electron chi connectivity index (χ0n) is 11.5. The summed E-state index contributed by atoms with van der Waals surface area (Å²) in [5.74, 6) is 2.48. The topological polar surface area (TPSA) is 34.9 Å². The van der Waals surface area contributed by atoms with Crippen molar-refractivity contribution in [3.63, 3.8) is 0 Å². The van der Waals surface area contributed by atoms with E-state index >= 15 is 0 Å². The second kappa shape index (κ2) is 6.55. The number of Topliss-reactive ketones (excluding diaryl/α,β-unsaturated/α-hetero) is 1. The minimum atomic E-state index is 0.0924. The summed E-state index contributed by atoms with van der Waals surface area (Å²) < 4.78 is 1.75. The van der Waals surface area contributed by atoms with E-state index in [1.165, 1.54) is 0 Å². The van der Waals surface area contributed by atoms with E-state index < -0.39 is 0 Å².